The Balaban J connectivity index is 1.04. The molecule has 2 heterocycles. The molecule has 0 unspecified atom stereocenters. The molecular weight excluding hydrogens is 837 g/mol. The van der Waals surface area contributed by atoms with E-state index in [-0.39, 0.29) is 0 Å². The number of nitrogens with zero attached hydrogens (tertiary/aromatic N) is 2. The molecule has 0 N–H and O–H groups in total. The van der Waals surface area contributed by atoms with Gasteiger partial charge in [-0.05, 0) is 82.9 Å². The number of fused-ring (bicyclic) bond motifs is 8. The van der Waals surface area contributed by atoms with Crippen molar-refractivity contribution in [1.29, 1.82) is 0 Å². The Morgan fingerprint density at radius 1 is 0.242 bits per heavy atom. The lowest BCUT2D eigenvalue weighted by Crippen LogP contribution is -2.14. The zero-order valence-electron chi connectivity index (χ0n) is 35.8. The summed E-state index contributed by atoms with van der Waals surface area (Å²) >= 11 is 3.75. The van der Waals surface area contributed by atoms with Gasteiger partial charge in [-0.2, -0.15) is 0 Å². The number of thiophene rings is 2. The Morgan fingerprint density at radius 2 is 0.561 bits per heavy atom. The van der Waals surface area contributed by atoms with Gasteiger partial charge in [0, 0.05) is 84.6 Å². The van der Waals surface area contributed by atoms with Gasteiger partial charge in [0.15, 0.2) is 0 Å². The van der Waals surface area contributed by atoms with Gasteiger partial charge in [0.25, 0.3) is 0 Å². The van der Waals surface area contributed by atoms with Crippen LogP contribution in [0.25, 0.3) is 84.1 Å². The second-order valence-electron chi connectivity index (χ2n) is 16.8. The lowest BCUT2D eigenvalue weighted by atomic mass is 9.94. The van der Waals surface area contributed by atoms with E-state index in [9.17, 15) is 0 Å². The fourth-order valence-corrected chi connectivity index (χ4v) is 12.6. The Bertz CT molecular complexity index is 3650. The molecule has 13 aromatic rings. The number of benzene rings is 11. The summed E-state index contributed by atoms with van der Waals surface area (Å²) in [6.45, 7) is 0. The molecule has 66 heavy (non-hydrogen) atoms. The number of para-hydroxylation sites is 2. The molecule has 0 atom stereocenters. The van der Waals surface area contributed by atoms with Crippen molar-refractivity contribution in [2.75, 3.05) is 9.80 Å². The highest BCUT2D eigenvalue weighted by molar-refractivity contribution is 7.26. The van der Waals surface area contributed by atoms with Gasteiger partial charge in [0.2, 0.25) is 0 Å². The van der Waals surface area contributed by atoms with Crippen molar-refractivity contribution in [2.24, 2.45) is 0 Å². The molecule has 0 saturated carbocycles. The van der Waals surface area contributed by atoms with Crippen molar-refractivity contribution >= 4 is 119 Å². The number of hydrogen-bond donors (Lipinski definition) is 0. The third-order valence-electron chi connectivity index (χ3n) is 13.0. The van der Waals surface area contributed by atoms with Crippen LogP contribution in [0.4, 0.5) is 34.1 Å². The Morgan fingerprint density at radius 3 is 0.970 bits per heavy atom. The largest absolute Gasteiger partial charge is 0.309 e. The van der Waals surface area contributed by atoms with Crippen LogP contribution in [0.15, 0.2) is 243 Å². The van der Waals surface area contributed by atoms with E-state index < -0.39 is 0 Å². The molecular formula is C62H40N2S2. The molecule has 11 aromatic carbocycles. The molecule has 13 rings (SSSR count). The smallest absolute Gasteiger partial charge is 0.0619 e. The minimum absolute atomic E-state index is 1.10. The van der Waals surface area contributed by atoms with Crippen molar-refractivity contribution in [3.05, 3.63) is 243 Å². The van der Waals surface area contributed by atoms with Crippen LogP contribution in [0.5, 0.6) is 0 Å². The van der Waals surface area contributed by atoms with Crippen molar-refractivity contribution in [3.63, 3.8) is 0 Å². The highest BCUT2D eigenvalue weighted by Crippen LogP contribution is 2.52. The molecule has 0 saturated heterocycles. The molecule has 2 aromatic heterocycles. The standard InChI is InChI=1S/C62H40N2S2/c1-3-21-43(22-4-1)63(45-25-15-19-41(39-45)47-33-17-35-55-49-27-11-13-37-57(49)65-61(47)55)59-51-29-7-9-31-53(51)60(54-32-10-8-30-52(54)59)64(44-23-5-2-6-24-44)46-26-16-20-42(40-46)48-34-18-36-56-50-28-12-14-38-58(50)66-62(48)56/h1-40H. The number of rotatable bonds is 8. The maximum absolute atomic E-state index is 2.47. The van der Waals surface area contributed by atoms with E-state index in [1.165, 1.54) is 84.1 Å². The molecule has 0 spiro atoms. The fraction of sp³-hybridized carbons (Fsp3) is 0. The van der Waals surface area contributed by atoms with Crippen molar-refractivity contribution in [1.82, 2.24) is 0 Å². The molecule has 0 fully saturated rings. The van der Waals surface area contributed by atoms with Crippen LogP contribution in [-0.2, 0) is 0 Å². The molecule has 0 radical (unpaired) electrons. The lowest BCUT2D eigenvalue weighted by Gasteiger charge is -2.33. The van der Waals surface area contributed by atoms with E-state index in [2.05, 4.69) is 252 Å². The second-order valence-corrected chi connectivity index (χ2v) is 18.9. The zero-order valence-corrected chi connectivity index (χ0v) is 37.4. The van der Waals surface area contributed by atoms with Gasteiger partial charge in [-0.15, -0.1) is 22.7 Å². The molecule has 0 amide bonds. The third-order valence-corrected chi connectivity index (χ3v) is 15.4. The van der Waals surface area contributed by atoms with Crippen molar-refractivity contribution < 1.29 is 0 Å². The molecule has 2 nitrogen and oxygen atoms in total. The van der Waals surface area contributed by atoms with Crippen LogP contribution in [0.3, 0.4) is 0 Å². The van der Waals surface area contributed by atoms with Crippen LogP contribution in [-0.4, -0.2) is 0 Å². The molecule has 0 aliphatic rings. The van der Waals surface area contributed by atoms with Gasteiger partial charge >= 0.3 is 0 Å². The minimum atomic E-state index is 1.10. The topological polar surface area (TPSA) is 6.48 Å². The Hall–Kier alpha value is -8.02. The van der Waals surface area contributed by atoms with E-state index >= 15 is 0 Å². The summed E-state index contributed by atoms with van der Waals surface area (Å²) in [4.78, 5) is 4.95. The van der Waals surface area contributed by atoms with E-state index in [0.29, 0.717) is 0 Å². The van der Waals surface area contributed by atoms with Gasteiger partial charge in [-0.25, -0.2) is 0 Å². The first kappa shape index (κ1) is 38.4. The summed E-state index contributed by atoms with van der Waals surface area (Å²) in [5.74, 6) is 0. The Labute approximate surface area is 391 Å². The average molecular weight is 877 g/mol. The van der Waals surface area contributed by atoms with Gasteiger partial charge in [0.05, 0.1) is 11.4 Å². The lowest BCUT2D eigenvalue weighted by molar-refractivity contribution is 1.29. The fourth-order valence-electron chi connectivity index (χ4n) is 10.1. The van der Waals surface area contributed by atoms with Crippen LogP contribution >= 0.6 is 22.7 Å². The molecule has 4 heteroatoms. The van der Waals surface area contributed by atoms with Crippen molar-refractivity contribution in [3.8, 4) is 22.3 Å². The normalized spacial score (nSPS) is 11.6. The highest BCUT2D eigenvalue weighted by Gasteiger charge is 2.26. The number of hydrogen-bond acceptors (Lipinski definition) is 4. The molecule has 0 bridgehead atoms. The number of anilines is 6. The predicted molar refractivity (Wildman–Crippen MR) is 287 cm³/mol. The van der Waals surface area contributed by atoms with Crippen LogP contribution in [0, 0.1) is 0 Å². The van der Waals surface area contributed by atoms with Crippen LogP contribution < -0.4 is 9.80 Å². The quantitative estimate of drug-likeness (QED) is 0.111. The summed E-state index contributed by atoms with van der Waals surface area (Å²) in [6.07, 6.45) is 0. The van der Waals surface area contributed by atoms with Crippen LogP contribution in [0.1, 0.15) is 0 Å². The van der Waals surface area contributed by atoms with Crippen LogP contribution in [0.2, 0.25) is 0 Å². The van der Waals surface area contributed by atoms with Gasteiger partial charge in [-0.1, -0.05) is 182 Å². The first-order valence-electron chi connectivity index (χ1n) is 22.4. The average Bonchev–Trinajstić information content (AvgIpc) is 3.97. The van der Waals surface area contributed by atoms with E-state index in [1.54, 1.807) is 0 Å². The van der Waals surface area contributed by atoms with Gasteiger partial charge < -0.3 is 9.80 Å². The summed E-state index contributed by atoms with van der Waals surface area (Å²) in [7, 11) is 0. The molecule has 0 aliphatic carbocycles. The highest BCUT2D eigenvalue weighted by atomic mass is 32.1. The summed E-state index contributed by atoms with van der Waals surface area (Å²) in [5, 5.41) is 9.89. The summed E-state index contributed by atoms with van der Waals surface area (Å²) < 4.78 is 5.25. The second kappa shape index (κ2) is 15.9. The third kappa shape index (κ3) is 6.29. The molecule has 0 aliphatic heterocycles. The maximum Gasteiger partial charge on any atom is 0.0619 e. The van der Waals surface area contributed by atoms with E-state index in [4.69, 9.17) is 0 Å². The van der Waals surface area contributed by atoms with Gasteiger partial charge in [-0.3, -0.25) is 0 Å². The first-order valence-corrected chi connectivity index (χ1v) is 24.1. The van der Waals surface area contributed by atoms with E-state index in [0.717, 1.165) is 34.1 Å². The maximum atomic E-state index is 2.47. The molecule has 310 valence electrons. The Kier molecular flexibility index (Phi) is 9.26. The SMILES string of the molecule is c1ccc(N(c2cccc(-c3cccc4c3sc3ccccc34)c2)c2c3ccccc3c(N(c3ccccc3)c3cccc(-c4cccc5c4sc4ccccc45)c3)c3ccccc23)cc1. The minimum Gasteiger partial charge on any atom is -0.309 e. The first-order chi connectivity index (χ1) is 32.8. The zero-order chi connectivity index (χ0) is 43.6. The van der Waals surface area contributed by atoms with Gasteiger partial charge in [0.1, 0.15) is 0 Å². The summed E-state index contributed by atoms with van der Waals surface area (Å²) in [6, 6.07) is 88.9. The monoisotopic (exact) mass is 876 g/mol. The van der Waals surface area contributed by atoms with Crippen molar-refractivity contribution in [2.45, 2.75) is 0 Å². The van der Waals surface area contributed by atoms with E-state index in [1.807, 2.05) is 22.7 Å². The predicted octanol–water partition coefficient (Wildman–Crippen LogP) is 19.0. The summed E-state index contributed by atoms with van der Waals surface area (Å²) in [5.41, 5.74) is 11.6.